The highest BCUT2D eigenvalue weighted by Crippen LogP contribution is 2.22. The lowest BCUT2D eigenvalue weighted by molar-refractivity contribution is 0.135. The molecule has 16 heavy (non-hydrogen) atoms. The van der Waals surface area contributed by atoms with Crippen molar-refractivity contribution >= 4 is 5.82 Å². The zero-order valence-corrected chi connectivity index (χ0v) is 10.4. The number of piperidine rings is 1. The second kappa shape index (κ2) is 4.83. The van der Waals surface area contributed by atoms with Gasteiger partial charge in [-0.05, 0) is 45.2 Å². The van der Waals surface area contributed by atoms with Crippen molar-refractivity contribution in [3.05, 3.63) is 23.9 Å². The van der Waals surface area contributed by atoms with Gasteiger partial charge in [0, 0.05) is 18.3 Å². The van der Waals surface area contributed by atoms with Gasteiger partial charge < -0.3 is 5.43 Å². The van der Waals surface area contributed by atoms with Crippen molar-refractivity contribution < 1.29 is 0 Å². The van der Waals surface area contributed by atoms with Crippen molar-refractivity contribution in [1.82, 2.24) is 9.99 Å². The molecule has 1 fully saturated rings. The molecule has 2 unspecified atom stereocenters. The second-order valence-electron chi connectivity index (χ2n) is 4.87. The molecule has 0 radical (unpaired) electrons. The first-order chi connectivity index (χ1) is 7.66. The molecular weight excluding hydrogens is 198 g/mol. The third-order valence-corrected chi connectivity index (χ3v) is 3.35. The average molecular weight is 219 g/mol. The highest BCUT2D eigenvalue weighted by Gasteiger charge is 2.24. The van der Waals surface area contributed by atoms with Crippen LogP contribution in [0.2, 0.25) is 0 Å². The van der Waals surface area contributed by atoms with Crippen LogP contribution in [0.15, 0.2) is 18.3 Å². The highest BCUT2D eigenvalue weighted by atomic mass is 15.5. The van der Waals surface area contributed by atoms with Crippen molar-refractivity contribution in [2.45, 2.75) is 52.1 Å². The van der Waals surface area contributed by atoms with Gasteiger partial charge in [-0.2, -0.15) is 0 Å². The molecule has 0 amide bonds. The predicted octanol–water partition coefficient (Wildman–Crippen LogP) is 2.98. The van der Waals surface area contributed by atoms with Crippen LogP contribution in [0.25, 0.3) is 0 Å². The summed E-state index contributed by atoms with van der Waals surface area (Å²) < 4.78 is 0. The number of aryl methyl sites for hydroxylation is 1. The molecule has 1 saturated heterocycles. The maximum atomic E-state index is 4.39. The zero-order chi connectivity index (χ0) is 11.5. The third kappa shape index (κ3) is 2.53. The SMILES string of the molecule is Cc1ccc(NN2C(C)CCCC2C)nc1. The molecular formula is C13H21N3. The number of anilines is 1. The van der Waals surface area contributed by atoms with Gasteiger partial charge >= 0.3 is 0 Å². The monoisotopic (exact) mass is 219 g/mol. The van der Waals surface area contributed by atoms with E-state index >= 15 is 0 Å². The van der Waals surface area contributed by atoms with Crippen molar-refractivity contribution in [2.75, 3.05) is 5.43 Å². The zero-order valence-electron chi connectivity index (χ0n) is 10.4. The summed E-state index contributed by atoms with van der Waals surface area (Å²) in [6, 6.07) is 5.32. The fourth-order valence-electron chi connectivity index (χ4n) is 2.31. The Hall–Kier alpha value is -1.09. The van der Waals surface area contributed by atoms with Crippen LogP contribution in [0, 0.1) is 6.92 Å². The summed E-state index contributed by atoms with van der Waals surface area (Å²) in [5, 5.41) is 2.33. The average Bonchev–Trinajstić information content (AvgIpc) is 2.26. The molecule has 1 aliphatic heterocycles. The van der Waals surface area contributed by atoms with Crippen molar-refractivity contribution in [2.24, 2.45) is 0 Å². The van der Waals surface area contributed by atoms with E-state index in [0.29, 0.717) is 12.1 Å². The molecule has 0 spiro atoms. The highest BCUT2D eigenvalue weighted by molar-refractivity contribution is 5.34. The molecule has 1 N–H and O–H groups in total. The van der Waals surface area contributed by atoms with Crippen LogP contribution in [-0.4, -0.2) is 22.1 Å². The lowest BCUT2D eigenvalue weighted by Gasteiger charge is -2.39. The van der Waals surface area contributed by atoms with E-state index in [1.807, 2.05) is 12.3 Å². The fourth-order valence-corrected chi connectivity index (χ4v) is 2.31. The maximum absolute atomic E-state index is 4.39. The first-order valence-electron chi connectivity index (χ1n) is 6.14. The molecule has 0 aliphatic carbocycles. The van der Waals surface area contributed by atoms with Gasteiger partial charge in [-0.25, -0.2) is 9.99 Å². The lowest BCUT2D eigenvalue weighted by atomic mass is 10.00. The molecule has 2 atom stereocenters. The Bertz CT molecular complexity index is 324. The minimum absolute atomic E-state index is 0.590. The Morgan fingerprint density at radius 1 is 1.25 bits per heavy atom. The summed E-state index contributed by atoms with van der Waals surface area (Å²) in [5.41, 5.74) is 4.63. The Balaban J connectivity index is 2.04. The number of nitrogens with zero attached hydrogens (tertiary/aromatic N) is 2. The minimum Gasteiger partial charge on any atom is -0.303 e. The van der Waals surface area contributed by atoms with E-state index in [1.54, 1.807) is 0 Å². The smallest absolute Gasteiger partial charge is 0.140 e. The molecule has 2 rings (SSSR count). The van der Waals surface area contributed by atoms with Crippen molar-refractivity contribution in [1.29, 1.82) is 0 Å². The van der Waals surface area contributed by atoms with Crippen LogP contribution in [-0.2, 0) is 0 Å². The Labute approximate surface area is 97.8 Å². The van der Waals surface area contributed by atoms with Crippen LogP contribution < -0.4 is 5.43 Å². The van der Waals surface area contributed by atoms with Crippen LogP contribution in [0.1, 0.15) is 38.7 Å². The fraction of sp³-hybridized carbons (Fsp3) is 0.615. The molecule has 3 nitrogen and oxygen atoms in total. The number of aromatic nitrogens is 1. The van der Waals surface area contributed by atoms with Crippen molar-refractivity contribution in [3.63, 3.8) is 0 Å². The molecule has 88 valence electrons. The van der Waals surface area contributed by atoms with Crippen molar-refractivity contribution in [3.8, 4) is 0 Å². The summed E-state index contributed by atoms with van der Waals surface area (Å²) in [4.78, 5) is 4.39. The largest absolute Gasteiger partial charge is 0.303 e. The molecule has 1 aliphatic rings. The van der Waals surface area contributed by atoms with Gasteiger partial charge in [-0.15, -0.1) is 0 Å². The number of rotatable bonds is 2. The number of hydrogen-bond acceptors (Lipinski definition) is 3. The van der Waals surface area contributed by atoms with Crippen LogP contribution in [0.4, 0.5) is 5.82 Å². The van der Waals surface area contributed by atoms with Crippen LogP contribution in [0.5, 0.6) is 0 Å². The quantitative estimate of drug-likeness (QED) is 0.829. The number of pyridine rings is 1. The van der Waals surface area contributed by atoms with Gasteiger partial charge in [0.05, 0.1) is 0 Å². The molecule has 0 aromatic carbocycles. The molecule has 3 heteroatoms. The standard InChI is InChI=1S/C13H21N3/c1-10-7-8-13(14-9-10)15-16-11(2)5-4-6-12(16)3/h7-9,11-12H,4-6H2,1-3H3,(H,14,15). The van der Waals surface area contributed by atoms with Gasteiger partial charge in [0.2, 0.25) is 0 Å². The Morgan fingerprint density at radius 2 is 1.94 bits per heavy atom. The van der Waals surface area contributed by atoms with E-state index in [-0.39, 0.29) is 0 Å². The second-order valence-corrected chi connectivity index (χ2v) is 4.87. The molecule has 0 bridgehead atoms. The topological polar surface area (TPSA) is 28.2 Å². The van der Waals surface area contributed by atoms with E-state index in [9.17, 15) is 0 Å². The summed E-state index contributed by atoms with van der Waals surface area (Å²) >= 11 is 0. The van der Waals surface area contributed by atoms with E-state index in [0.717, 1.165) is 5.82 Å². The van der Waals surface area contributed by atoms with Crippen LogP contribution >= 0.6 is 0 Å². The van der Waals surface area contributed by atoms with Gasteiger partial charge in [0.15, 0.2) is 0 Å². The summed E-state index contributed by atoms with van der Waals surface area (Å²) in [7, 11) is 0. The predicted molar refractivity (Wildman–Crippen MR) is 67.2 cm³/mol. The summed E-state index contributed by atoms with van der Waals surface area (Å²) in [5.74, 6) is 0.950. The van der Waals surface area contributed by atoms with Crippen LogP contribution in [0.3, 0.4) is 0 Å². The number of hydrogen-bond donors (Lipinski definition) is 1. The lowest BCUT2D eigenvalue weighted by Crippen LogP contribution is -2.47. The van der Waals surface area contributed by atoms with E-state index in [1.165, 1.54) is 24.8 Å². The Morgan fingerprint density at radius 3 is 2.50 bits per heavy atom. The van der Waals surface area contributed by atoms with E-state index in [4.69, 9.17) is 0 Å². The van der Waals surface area contributed by atoms with Gasteiger partial charge in [0.25, 0.3) is 0 Å². The maximum Gasteiger partial charge on any atom is 0.140 e. The minimum atomic E-state index is 0.590. The third-order valence-electron chi connectivity index (χ3n) is 3.35. The first-order valence-corrected chi connectivity index (χ1v) is 6.14. The Kier molecular flexibility index (Phi) is 3.44. The first kappa shape index (κ1) is 11.4. The molecule has 0 saturated carbocycles. The normalized spacial score (nSPS) is 26.7. The molecule has 2 heterocycles. The summed E-state index contributed by atoms with van der Waals surface area (Å²) in [6.07, 6.45) is 5.77. The van der Waals surface area contributed by atoms with E-state index < -0.39 is 0 Å². The van der Waals surface area contributed by atoms with Gasteiger partial charge in [0.1, 0.15) is 5.82 Å². The summed E-state index contributed by atoms with van der Waals surface area (Å²) in [6.45, 7) is 6.61. The van der Waals surface area contributed by atoms with Gasteiger partial charge in [-0.3, -0.25) is 0 Å². The number of nitrogens with one attached hydrogen (secondary N) is 1. The molecule has 1 aromatic heterocycles. The number of hydrazine groups is 1. The van der Waals surface area contributed by atoms with Gasteiger partial charge in [-0.1, -0.05) is 12.5 Å². The van der Waals surface area contributed by atoms with E-state index in [2.05, 4.69) is 42.3 Å². The molecule has 1 aromatic rings.